The van der Waals surface area contributed by atoms with E-state index in [0.717, 1.165) is 38.3 Å². The minimum absolute atomic E-state index is 0.0378. The van der Waals surface area contributed by atoms with E-state index in [9.17, 15) is 44.7 Å². The van der Waals surface area contributed by atoms with Crippen molar-refractivity contribution in [3.63, 3.8) is 0 Å². The van der Waals surface area contributed by atoms with Gasteiger partial charge in [-0.15, -0.1) is 0 Å². The minimum Gasteiger partial charge on any atom is -0.510 e. The molecule has 3 aliphatic carbocycles. The van der Waals surface area contributed by atoms with E-state index in [2.05, 4.69) is 77.3 Å². The number of nitrogens with zero attached hydrogens (tertiary/aromatic N) is 3. The Morgan fingerprint density at radius 1 is 0.887 bits per heavy atom. The fourth-order valence-electron chi connectivity index (χ4n) is 10.3. The van der Waals surface area contributed by atoms with Gasteiger partial charge in [0.25, 0.3) is 5.91 Å². The van der Waals surface area contributed by atoms with Crippen molar-refractivity contribution in [2.45, 2.75) is 75.5 Å². The number of carbonyl (C=O) groups excluding carboxylic acids is 4. The Labute approximate surface area is 361 Å². The third-order valence-electron chi connectivity index (χ3n) is 13.3. The average Bonchev–Trinajstić information content (AvgIpc) is 3.69. The number of phenols is 1. The Morgan fingerprint density at radius 3 is 2.05 bits per heavy atom. The number of nitrogens with one attached hydrogen (secondary N) is 1. The first-order valence-corrected chi connectivity index (χ1v) is 23.4. The number of primary amides is 1. The molecule has 3 aliphatic rings. The van der Waals surface area contributed by atoms with Crippen LogP contribution in [0.3, 0.4) is 0 Å². The molecule has 0 saturated heterocycles. The molecule has 0 unspecified atom stereocenters. The van der Waals surface area contributed by atoms with Gasteiger partial charge in [0, 0.05) is 11.5 Å². The van der Waals surface area contributed by atoms with E-state index in [0.29, 0.717) is 12.0 Å². The van der Waals surface area contributed by atoms with Gasteiger partial charge in [0.15, 0.2) is 11.4 Å². The number of carbonyl (C=O) groups is 4. The van der Waals surface area contributed by atoms with Crippen LogP contribution in [-0.4, -0.2) is 102 Å². The number of nitrogens with two attached hydrogens (primary N) is 1. The molecule has 7 rings (SSSR count). The normalized spacial score (nSPS) is 23.8. The maximum atomic E-state index is 14.2. The van der Waals surface area contributed by atoms with Gasteiger partial charge in [0.2, 0.25) is 5.78 Å². The summed E-state index contributed by atoms with van der Waals surface area (Å²) in [5.41, 5.74) is 0.933. The standard InChI is InChI=1S/C47H56N5O9P/c1-27-31-22-23-32(40(54)35(31)41(55)36-34(27)42(56)38-39(51(2)3)43(57)37(46(48)60)45(59)47(38,61)44(36)58)50-33(53)21-15-7-5-6-8-16-24-62(28-17-11-9-12-18-28,29-19-13-10-14-20-29)30-25-49-52(4)26-30/h9-14,17-20,22-23,25-27,34,38-39,42,54,56-58,61-62H,5-8,15-16,21,24H2,1-4H3,(H2,48,60)(H,50,53)/t27-,34+,38+,39-,42-,47-/m0/s1. The third-order valence-corrected chi connectivity index (χ3v) is 18.3. The molecule has 0 spiro atoms. The zero-order chi connectivity index (χ0) is 44.7. The van der Waals surface area contributed by atoms with Crippen molar-refractivity contribution in [3.05, 3.63) is 119 Å². The monoisotopic (exact) mass is 865 g/mol. The van der Waals surface area contributed by atoms with Gasteiger partial charge in [-0.25, -0.2) is 0 Å². The first-order valence-electron chi connectivity index (χ1n) is 21.2. The number of aliphatic hydroxyl groups is 4. The first kappa shape index (κ1) is 44.4. The van der Waals surface area contributed by atoms with Gasteiger partial charge in [-0.2, -0.15) is 0 Å². The zero-order valence-electron chi connectivity index (χ0n) is 35.4. The number of rotatable bonds is 15. The number of fused-ring (bicyclic) bond motifs is 3. The molecule has 15 heteroatoms. The summed E-state index contributed by atoms with van der Waals surface area (Å²) in [4.78, 5) is 54.7. The van der Waals surface area contributed by atoms with Gasteiger partial charge in [-0.3, -0.25) is 19.3 Å². The summed E-state index contributed by atoms with van der Waals surface area (Å²) in [5.74, 6) is -10.1. The van der Waals surface area contributed by atoms with Crippen molar-refractivity contribution in [2.75, 3.05) is 25.6 Å². The summed E-state index contributed by atoms with van der Waals surface area (Å²) in [7, 11) is 2.56. The minimum atomic E-state index is -3.01. The molecule has 6 atom stereocenters. The van der Waals surface area contributed by atoms with Crippen molar-refractivity contribution in [2.24, 2.45) is 24.6 Å². The van der Waals surface area contributed by atoms with Gasteiger partial charge < -0.3 is 31.3 Å². The van der Waals surface area contributed by atoms with Crippen LogP contribution < -0.4 is 27.0 Å². The Morgan fingerprint density at radius 2 is 1.48 bits per heavy atom. The van der Waals surface area contributed by atoms with E-state index in [1.54, 1.807) is 13.0 Å². The second kappa shape index (κ2) is 17.6. The molecule has 2 amide bonds. The van der Waals surface area contributed by atoms with Crippen molar-refractivity contribution in [1.29, 1.82) is 0 Å². The van der Waals surface area contributed by atoms with Crippen LogP contribution in [0.2, 0.25) is 0 Å². The van der Waals surface area contributed by atoms with Crippen LogP contribution in [0.25, 0.3) is 0 Å². The number of aliphatic hydroxyl groups excluding tert-OH is 3. The summed E-state index contributed by atoms with van der Waals surface area (Å²) in [6.07, 6.45) is 9.14. The van der Waals surface area contributed by atoms with Gasteiger partial charge in [0.05, 0.1) is 23.6 Å². The van der Waals surface area contributed by atoms with Crippen LogP contribution in [0.1, 0.15) is 73.7 Å². The molecule has 0 fully saturated rings. The Balaban J connectivity index is 0.996. The van der Waals surface area contributed by atoms with Crippen LogP contribution in [0, 0.1) is 11.8 Å². The maximum absolute atomic E-state index is 14.2. The fourth-order valence-corrected chi connectivity index (χ4v) is 15.2. The zero-order valence-corrected chi connectivity index (χ0v) is 36.4. The molecular formula is C47H56N5O9P. The third kappa shape index (κ3) is 7.42. The summed E-state index contributed by atoms with van der Waals surface area (Å²) < 4.78 is 1.88. The van der Waals surface area contributed by atoms with E-state index in [4.69, 9.17) is 5.73 Å². The van der Waals surface area contributed by atoms with Crippen LogP contribution in [0.4, 0.5) is 5.69 Å². The van der Waals surface area contributed by atoms with Crippen LogP contribution >= 0.6 is 7.26 Å². The molecule has 3 aromatic carbocycles. The number of ketones is 2. The van der Waals surface area contributed by atoms with Crippen molar-refractivity contribution < 1.29 is 44.7 Å². The number of Topliss-reactive ketones (excluding diaryl/α,β-unsaturated/α-hetero) is 2. The molecule has 0 radical (unpaired) electrons. The predicted octanol–water partition coefficient (Wildman–Crippen LogP) is 3.78. The second-order valence-electron chi connectivity index (χ2n) is 17.2. The molecular weight excluding hydrogens is 810 g/mol. The summed E-state index contributed by atoms with van der Waals surface area (Å²) in [5, 5.41) is 69.2. The fraction of sp³-hybridized carbons (Fsp3) is 0.383. The molecule has 8 N–H and O–H groups in total. The van der Waals surface area contributed by atoms with Crippen LogP contribution in [-0.2, 0) is 21.4 Å². The van der Waals surface area contributed by atoms with Gasteiger partial charge in [0.1, 0.15) is 17.1 Å². The summed E-state index contributed by atoms with van der Waals surface area (Å²) in [6.45, 7) is 1.65. The number of amides is 2. The number of aromatic nitrogens is 2. The second-order valence-corrected chi connectivity index (χ2v) is 21.2. The smallest absolute Gasteiger partial charge is 0.510 e. The SMILES string of the molecule is C[C@H]1c2ccc(NC(=O)CCCCCCCC[PH](c3ccccc3)(c3ccccc3)c3cnn(C)c3)c(O)c2C(=O)C2=C(O)[C@]3(O)C(=O)C(C(N)=O)=C(O)[C@@H](N(C)C)[C@@H]3[C@@H](O)[C@@H]21. The number of hydrogen-bond donors (Lipinski definition) is 7. The molecule has 4 aromatic rings. The number of aromatic hydroxyl groups is 1. The number of likely N-dealkylation sites (N-methyl/N-ethyl adjacent to an activating group) is 1. The Kier molecular flexibility index (Phi) is 12.6. The van der Waals surface area contributed by atoms with Crippen LogP contribution in [0.15, 0.2) is 108 Å². The van der Waals surface area contributed by atoms with E-state index >= 15 is 0 Å². The van der Waals surface area contributed by atoms with E-state index in [1.165, 1.54) is 41.0 Å². The van der Waals surface area contributed by atoms with Crippen molar-refractivity contribution in [1.82, 2.24) is 14.7 Å². The predicted molar refractivity (Wildman–Crippen MR) is 239 cm³/mol. The summed E-state index contributed by atoms with van der Waals surface area (Å²) >= 11 is 0. The van der Waals surface area contributed by atoms with E-state index in [-0.39, 0.29) is 23.6 Å². The van der Waals surface area contributed by atoms with E-state index in [1.807, 2.05) is 17.9 Å². The van der Waals surface area contributed by atoms with Gasteiger partial charge in [-0.05, 0) is 25.6 Å². The van der Waals surface area contributed by atoms with Crippen molar-refractivity contribution in [3.8, 4) is 5.75 Å². The van der Waals surface area contributed by atoms with E-state index < -0.39 is 88.7 Å². The number of hydrogen-bond acceptors (Lipinski definition) is 11. The molecule has 62 heavy (non-hydrogen) atoms. The average molecular weight is 866 g/mol. The number of anilines is 1. The van der Waals surface area contributed by atoms with Gasteiger partial charge in [-0.1, -0.05) is 13.0 Å². The number of aryl methyl sites for hydroxylation is 1. The first-order chi connectivity index (χ1) is 29.6. The molecule has 0 saturated carbocycles. The molecule has 1 aromatic heterocycles. The molecule has 0 aliphatic heterocycles. The number of unbranched alkanes of at least 4 members (excludes halogenated alkanes) is 5. The molecule has 0 bridgehead atoms. The molecule has 14 nitrogen and oxygen atoms in total. The Hall–Kier alpha value is -5.66. The molecule has 328 valence electrons. The Bertz CT molecular complexity index is 2410. The summed E-state index contributed by atoms with van der Waals surface area (Å²) in [6, 6.07) is 23.2. The quantitative estimate of drug-likeness (QED) is 0.0394. The van der Waals surface area contributed by atoms with Gasteiger partial charge >= 0.3 is 198 Å². The van der Waals surface area contributed by atoms with Crippen LogP contribution in [0.5, 0.6) is 5.75 Å². The van der Waals surface area contributed by atoms with Crippen molar-refractivity contribution >= 4 is 52.2 Å². The molecule has 1 heterocycles. The number of phenolic OH excluding ortho intramolecular Hbond substituents is 1. The number of benzene rings is 3. The topological polar surface area (TPSA) is 229 Å².